The van der Waals surface area contributed by atoms with Crippen LogP contribution in [0.15, 0.2) is 36.5 Å². The van der Waals surface area contributed by atoms with Gasteiger partial charge in [-0.1, -0.05) is 166 Å². The molecule has 2 unspecified atom stereocenters. The zero-order chi connectivity index (χ0) is 42.8. The van der Waals surface area contributed by atoms with Gasteiger partial charge in [0.15, 0.2) is 12.1 Å². The van der Waals surface area contributed by atoms with Gasteiger partial charge in [-0.3, -0.25) is 9.59 Å². The molecule has 8 nitrogen and oxygen atoms in total. The summed E-state index contributed by atoms with van der Waals surface area (Å²) >= 11 is 0. The molecular formula is C50H92NO7+. The van der Waals surface area contributed by atoms with Crippen LogP contribution in [-0.2, 0) is 28.6 Å². The van der Waals surface area contributed by atoms with E-state index in [1.807, 2.05) is 21.1 Å². The highest BCUT2D eigenvalue weighted by atomic mass is 16.6. The number of carboxylic acid groups (broad SMARTS) is 1. The molecule has 0 aliphatic heterocycles. The molecule has 0 saturated heterocycles. The van der Waals surface area contributed by atoms with E-state index in [1.165, 1.54) is 128 Å². The number of hydrogen-bond donors (Lipinski definition) is 1. The lowest BCUT2D eigenvalue weighted by molar-refractivity contribution is -0.887. The molecular weight excluding hydrogens is 727 g/mol. The lowest BCUT2D eigenvalue weighted by Crippen LogP contribution is -2.50. The van der Waals surface area contributed by atoms with Crippen molar-refractivity contribution in [2.45, 2.75) is 225 Å². The molecule has 338 valence electrons. The van der Waals surface area contributed by atoms with Crippen molar-refractivity contribution in [3.05, 3.63) is 36.5 Å². The largest absolute Gasteiger partial charge is 0.477 e. The molecule has 0 aliphatic rings. The van der Waals surface area contributed by atoms with Crippen LogP contribution in [0.5, 0.6) is 0 Å². The van der Waals surface area contributed by atoms with Crippen LogP contribution in [0.1, 0.15) is 213 Å². The molecule has 0 aromatic carbocycles. The van der Waals surface area contributed by atoms with E-state index in [0.29, 0.717) is 19.3 Å². The van der Waals surface area contributed by atoms with Gasteiger partial charge in [-0.25, -0.2) is 4.79 Å². The molecule has 0 spiro atoms. The van der Waals surface area contributed by atoms with Crippen molar-refractivity contribution in [2.75, 3.05) is 41.0 Å². The molecule has 0 bridgehead atoms. The average molecular weight is 819 g/mol. The Kier molecular flexibility index (Phi) is 39.5. The highest BCUT2D eigenvalue weighted by Gasteiger charge is 2.31. The molecule has 0 aliphatic carbocycles. The number of carboxylic acids is 1. The first-order valence-corrected chi connectivity index (χ1v) is 24.0. The first-order valence-electron chi connectivity index (χ1n) is 24.0. The molecule has 0 radical (unpaired) electrons. The number of carbonyl (C=O) groups excluding carboxylic acids is 2. The molecule has 0 fully saturated rings. The predicted molar refractivity (Wildman–Crippen MR) is 243 cm³/mol. The van der Waals surface area contributed by atoms with Crippen molar-refractivity contribution >= 4 is 17.9 Å². The van der Waals surface area contributed by atoms with Crippen LogP contribution in [0, 0.1) is 0 Å². The summed E-state index contributed by atoms with van der Waals surface area (Å²) in [6.07, 6.45) is 47.6. The van der Waals surface area contributed by atoms with Crippen LogP contribution in [0.2, 0.25) is 0 Å². The fourth-order valence-corrected chi connectivity index (χ4v) is 7.02. The van der Waals surface area contributed by atoms with Crippen molar-refractivity contribution in [1.29, 1.82) is 0 Å². The van der Waals surface area contributed by atoms with Gasteiger partial charge in [0.2, 0.25) is 0 Å². The number of nitrogens with zero attached hydrogens (tertiary/aromatic N) is 1. The highest BCUT2D eigenvalue weighted by Crippen LogP contribution is 2.15. The second-order valence-corrected chi connectivity index (χ2v) is 17.4. The van der Waals surface area contributed by atoms with E-state index in [1.54, 1.807) is 0 Å². The maximum Gasteiger partial charge on any atom is 0.362 e. The van der Waals surface area contributed by atoms with E-state index in [4.69, 9.17) is 14.2 Å². The zero-order valence-electron chi connectivity index (χ0n) is 38.5. The topological polar surface area (TPSA) is 99.1 Å². The summed E-state index contributed by atoms with van der Waals surface area (Å²) in [5.74, 6) is -1.48. The number of likely N-dealkylation sites (N-methyl/N-ethyl adjacent to an activating group) is 1. The normalized spacial score (nSPS) is 13.2. The van der Waals surface area contributed by atoms with Gasteiger partial charge < -0.3 is 23.8 Å². The van der Waals surface area contributed by atoms with E-state index in [2.05, 4.69) is 50.3 Å². The third-order valence-electron chi connectivity index (χ3n) is 10.8. The minimum absolute atomic E-state index is 0.0565. The molecule has 8 heteroatoms. The minimum atomic E-state index is -0.876. The van der Waals surface area contributed by atoms with Crippen LogP contribution in [0.25, 0.3) is 0 Å². The quantitative estimate of drug-likeness (QED) is 0.0215. The van der Waals surface area contributed by atoms with Gasteiger partial charge in [-0.15, -0.1) is 0 Å². The summed E-state index contributed by atoms with van der Waals surface area (Å²) in [5, 5.41) is 9.63. The van der Waals surface area contributed by atoms with Gasteiger partial charge in [0.1, 0.15) is 6.61 Å². The number of rotatable bonds is 43. The Morgan fingerprint density at radius 2 is 0.914 bits per heavy atom. The van der Waals surface area contributed by atoms with Crippen molar-refractivity contribution in [3.63, 3.8) is 0 Å². The highest BCUT2D eigenvalue weighted by molar-refractivity contribution is 5.72. The summed E-state index contributed by atoms with van der Waals surface area (Å²) in [6.45, 7) is 4.71. The summed E-state index contributed by atoms with van der Waals surface area (Å²) in [4.78, 5) is 37.0. The van der Waals surface area contributed by atoms with Gasteiger partial charge >= 0.3 is 17.9 Å². The van der Waals surface area contributed by atoms with E-state index in [-0.39, 0.29) is 36.2 Å². The average Bonchev–Trinajstić information content (AvgIpc) is 3.18. The number of carbonyl (C=O) groups is 3. The molecule has 1 N–H and O–H groups in total. The summed E-state index contributed by atoms with van der Waals surface area (Å²) in [7, 11) is 5.53. The van der Waals surface area contributed by atoms with Crippen molar-refractivity contribution in [1.82, 2.24) is 0 Å². The van der Waals surface area contributed by atoms with E-state index < -0.39 is 18.1 Å². The maximum absolute atomic E-state index is 12.8. The first kappa shape index (κ1) is 55.5. The zero-order valence-corrected chi connectivity index (χ0v) is 38.5. The number of ether oxygens (including phenoxy) is 3. The molecule has 0 aromatic rings. The monoisotopic (exact) mass is 819 g/mol. The third-order valence-corrected chi connectivity index (χ3v) is 10.8. The second kappa shape index (κ2) is 41.3. The number of hydrogen-bond acceptors (Lipinski definition) is 6. The Morgan fingerprint density at radius 1 is 0.517 bits per heavy atom. The Hall–Kier alpha value is -2.45. The Labute approximate surface area is 357 Å². The fraction of sp³-hybridized carbons (Fsp3) is 0.820. The lowest BCUT2D eigenvalue weighted by Gasteiger charge is -2.31. The SMILES string of the molecule is CCCCCC/C=C/C=C/CCCCCCCCCCCCC(=O)OC(COCCC(C(=O)O)[N+](C)(C)C)COC(=O)CCCCC/C=C/CCCCCCCCC. The standard InChI is InChI=1S/C50H91NO7/c1-6-8-10-12-14-16-18-20-22-23-24-25-26-27-29-31-33-35-37-39-41-49(53)58-46(44-56-43-42-47(50(54)55)51(3,4)5)45-57-48(52)40-38-36-34-32-30-28-21-19-17-15-13-11-9-7-2/h16,18,20,22,28,30,46-47H,6-15,17,19,21,23-27,29,31-45H2,1-5H3/p+1/b18-16+,22-20+,30-28+. The molecule has 0 saturated carbocycles. The Bertz CT molecular complexity index is 1050. The third kappa shape index (κ3) is 39.0. The first-order chi connectivity index (χ1) is 28.1. The number of allylic oxidation sites excluding steroid dienone is 6. The van der Waals surface area contributed by atoms with Gasteiger partial charge in [0, 0.05) is 19.3 Å². The lowest BCUT2D eigenvalue weighted by atomic mass is 10.1. The minimum Gasteiger partial charge on any atom is -0.477 e. The number of esters is 2. The predicted octanol–water partition coefficient (Wildman–Crippen LogP) is 13.4. The number of unbranched alkanes of at least 4 members (excludes halogenated alkanes) is 24. The molecule has 2 atom stereocenters. The van der Waals surface area contributed by atoms with Crippen LogP contribution < -0.4 is 0 Å². The van der Waals surface area contributed by atoms with Crippen molar-refractivity contribution in [2.24, 2.45) is 0 Å². The van der Waals surface area contributed by atoms with Crippen LogP contribution in [-0.4, -0.2) is 80.6 Å². The van der Waals surface area contributed by atoms with E-state index in [9.17, 15) is 19.5 Å². The molecule has 0 heterocycles. The fourth-order valence-electron chi connectivity index (χ4n) is 7.02. The summed E-state index contributed by atoms with van der Waals surface area (Å²) in [5.41, 5.74) is 0. The maximum atomic E-state index is 12.8. The summed E-state index contributed by atoms with van der Waals surface area (Å²) < 4.78 is 17.3. The second-order valence-electron chi connectivity index (χ2n) is 17.4. The van der Waals surface area contributed by atoms with Crippen molar-refractivity contribution in [3.8, 4) is 0 Å². The van der Waals surface area contributed by atoms with E-state index >= 15 is 0 Å². The van der Waals surface area contributed by atoms with Gasteiger partial charge in [0.25, 0.3) is 0 Å². The molecule has 0 aromatic heterocycles. The van der Waals surface area contributed by atoms with Crippen LogP contribution >= 0.6 is 0 Å². The number of quaternary nitrogens is 1. The van der Waals surface area contributed by atoms with Crippen LogP contribution in [0.3, 0.4) is 0 Å². The Balaban J connectivity index is 4.29. The van der Waals surface area contributed by atoms with Crippen LogP contribution in [0.4, 0.5) is 0 Å². The molecule has 58 heavy (non-hydrogen) atoms. The summed E-state index contributed by atoms with van der Waals surface area (Å²) in [6, 6.07) is -0.616. The van der Waals surface area contributed by atoms with Gasteiger partial charge in [-0.2, -0.15) is 0 Å². The smallest absolute Gasteiger partial charge is 0.362 e. The van der Waals surface area contributed by atoms with Crippen molar-refractivity contribution < 1.29 is 38.2 Å². The molecule has 0 amide bonds. The number of aliphatic carboxylic acids is 1. The van der Waals surface area contributed by atoms with E-state index in [0.717, 1.165) is 51.4 Å². The van der Waals surface area contributed by atoms with Gasteiger partial charge in [-0.05, 0) is 64.2 Å². The Morgan fingerprint density at radius 3 is 1.38 bits per heavy atom. The molecule has 0 rings (SSSR count). The van der Waals surface area contributed by atoms with Gasteiger partial charge in [0.05, 0.1) is 34.4 Å².